The summed E-state index contributed by atoms with van der Waals surface area (Å²) in [5.41, 5.74) is 0. The Morgan fingerprint density at radius 2 is 2.00 bits per heavy atom. The number of nitrogens with zero attached hydrogens (tertiary/aromatic N) is 3. The van der Waals surface area contributed by atoms with Crippen LogP contribution in [0.4, 0.5) is 0 Å². The smallest absolute Gasteiger partial charge is 0.311 e. The second-order valence-electron chi connectivity index (χ2n) is 4.60. The summed E-state index contributed by atoms with van der Waals surface area (Å²) in [7, 11) is 0. The molecule has 0 radical (unpaired) electrons. The van der Waals surface area contributed by atoms with Gasteiger partial charge in [0, 0.05) is 0 Å². The molecule has 0 aromatic rings. The summed E-state index contributed by atoms with van der Waals surface area (Å²) in [6, 6.07) is 0.716. The molecule has 3 rings (SSSR count). The van der Waals surface area contributed by atoms with Gasteiger partial charge in [0.2, 0.25) is 0 Å². The first-order chi connectivity index (χ1) is 7.40. The van der Waals surface area contributed by atoms with Crippen molar-refractivity contribution in [3.05, 3.63) is 4.91 Å². The van der Waals surface area contributed by atoms with E-state index in [1.807, 2.05) is 0 Å². The lowest BCUT2D eigenvalue weighted by atomic mass is 10.1. The van der Waals surface area contributed by atoms with Gasteiger partial charge in [-0.2, -0.15) is 5.01 Å². The average Bonchev–Trinajstić information content (AvgIpc) is 3.17. The van der Waals surface area contributed by atoms with Crippen molar-refractivity contribution in [2.75, 3.05) is 13.2 Å². The minimum absolute atomic E-state index is 0.263. The lowest BCUT2D eigenvalue weighted by Gasteiger charge is -2.24. The van der Waals surface area contributed by atoms with E-state index < -0.39 is 0 Å². The van der Waals surface area contributed by atoms with E-state index in [9.17, 15) is 4.91 Å². The van der Waals surface area contributed by atoms with Gasteiger partial charge in [0.15, 0.2) is 0 Å². The number of nitroso groups, excluding NO2 is 1. The van der Waals surface area contributed by atoms with Gasteiger partial charge in [-0.25, -0.2) is 4.99 Å². The molecule has 0 bridgehead atoms. The Kier molecular flexibility index (Phi) is 2.11. The molecule has 0 spiro atoms. The molecule has 0 atom stereocenters. The highest BCUT2D eigenvalue weighted by Crippen LogP contribution is 2.47. The van der Waals surface area contributed by atoms with Crippen LogP contribution in [-0.4, -0.2) is 30.2 Å². The normalized spacial score (nSPS) is 25.0. The fraction of sp³-hybridized carbons (Fsp3) is 0.900. The molecule has 0 saturated heterocycles. The van der Waals surface area contributed by atoms with Gasteiger partial charge in [-0.3, -0.25) is 0 Å². The highest BCUT2D eigenvalue weighted by Gasteiger charge is 2.47. The Labute approximate surface area is 88.4 Å². The van der Waals surface area contributed by atoms with Gasteiger partial charge in [0.25, 0.3) is 0 Å². The number of ether oxygens (including phenoxy) is 1. The zero-order valence-corrected chi connectivity index (χ0v) is 8.63. The monoisotopic (exact) mass is 209 g/mol. The van der Waals surface area contributed by atoms with Crippen molar-refractivity contribution < 1.29 is 4.74 Å². The van der Waals surface area contributed by atoms with Crippen LogP contribution in [0.25, 0.3) is 0 Å². The molecule has 5 nitrogen and oxygen atoms in total. The number of amidine groups is 1. The Hall–Kier alpha value is -1.13. The van der Waals surface area contributed by atoms with E-state index in [-0.39, 0.29) is 6.04 Å². The van der Waals surface area contributed by atoms with Gasteiger partial charge in [0.05, 0.1) is 17.9 Å². The summed E-state index contributed by atoms with van der Waals surface area (Å²) in [6.45, 7) is 1.24. The molecule has 15 heavy (non-hydrogen) atoms. The first-order valence-corrected chi connectivity index (χ1v) is 5.70. The van der Waals surface area contributed by atoms with Crippen molar-refractivity contribution >= 4 is 6.02 Å². The molecular formula is C10H15N3O2. The molecular weight excluding hydrogens is 194 g/mol. The summed E-state index contributed by atoms with van der Waals surface area (Å²) in [4.78, 5) is 15.1. The van der Waals surface area contributed by atoms with E-state index in [0.29, 0.717) is 31.0 Å². The van der Waals surface area contributed by atoms with Gasteiger partial charge >= 0.3 is 6.02 Å². The molecule has 0 aromatic carbocycles. The lowest BCUT2D eigenvalue weighted by molar-refractivity contribution is 0.193. The Morgan fingerprint density at radius 3 is 2.40 bits per heavy atom. The molecule has 0 unspecified atom stereocenters. The van der Waals surface area contributed by atoms with Crippen LogP contribution in [0.3, 0.4) is 0 Å². The summed E-state index contributed by atoms with van der Waals surface area (Å²) in [5, 5.41) is 4.62. The van der Waals surface area contributed by atoms with E-state index in [4.69, 9.17) is 4.74 Å². The van der Waals surface area contributed by atoms with Crippen molar-refractivity contribution in [1.82, 2.24) is 5.01 Å². The molecule has 2 saturated carbocycles. The summed E-state index contributed by atoms with van der Waals surface area (Å²) >= 11 is 0. The molecule has 1 aliphatic heterocycles. The Morgan fingerprint density at radius 1 is 1.33 bits per heavy atom. The number of hydrogen-bond donors (Lipinski definition) is 0. The predicted molar refractivity (Wildman–Crippen MR) is 55.1 cm³/mol. The van der Waals surface area contributed by atoms with Crippen LogP contribution in [0.15, 0.2) is 10.3 Å². The predicted octanol–water partition coefficient (Wildman–Crippen LogP) is 1.54. The zero-order valence-electron chi connectivity index (χ0n) is 8.63. The molecule has 2 fully saturated rings. The van der Waals surface area contributed by atoms with Gasteiger partial charge in [0.1, 0.15) is 6.61 Å². The SMILES string of the molecule is O=NN(C1=NCCO1)C(C1CC1)C1CC1. The molecule has 3 aliphatic rings. The third-order valence-electron chi connectivity index (χ3n) is 3.35. The van der Waals surface area contributed by atoms with Gasteiger partial charge < -0.3 is 4.74 Å². The standard InChI is InChI=1S/C10H15N3O2/c14-12-13(10-11-5-6-15-10)9(7-1-2-7)8-3-4-8/h7-9H,1-6H2. The van der Waals surface area contributed by atoms with E-state index in [2.05, 4.69) is 10.3 Å². The first-order valence-electron chi connectivity index (χ1n) is 5.70. The van der Waals surface area contributed by atoms with Crippen LogP contribution >= 0.6 is 0 Å². The molecule has 82 valence electrons. The Balaban J connectivity index is 1.77. The second kappa shape index (κ2) is 3.47. The largest absolute Gasteiger partial charge is 0.462 e. The summed E-state index contributed by atoms with van der Waals surface area (Å²) in [6.07, 6.45) is 4.89. The van der Waals surface area contributed by atoms with Crippen LogP contribution in [0, 0.1) is 16.7 Å². The maximum absolute atomic E-state index is 10.9. The van der Waals surface area contributed by atoms with Crippen LogP contribution in [-0.2, 0) is 4.74 Å². The summed E-state index contributed by atoms with van der Waals surface area (Å²) < 4.78 is 5.32. The maximum Gasteiger partial charge on any atom is 0.311 e. The van der Waals surface area contributed by atoms with Gasteiger partial charge in [-0.15, -0.1) is 4.91 Å². The highest BCUT2D eigenvalue weighted by atomic mass is 16.5. The van der Waals surface area contributed by atoms with E-state index >= 15 is 0 Å². The first kappa shape index (κ1) is 9.12. The molecule has 1 heterocycles. The zero-order chi connectivity index (χ0) is 10.3. The topological polar surface area (TPSA) is 54.3 Å². The fourth-order valence-corrected chi connectivity index (χ4v) is 2.34. The van der Waals surface area contributed by atoms with E-state index in [0.717, 1.165) is 0 Å². The van der Waals surface area contributed by atoms with Crippen LogP contribution < -0.4 is 0 Å². The second-order valence-corrected chi connectivity index (χ2v) is 4.60. The van der Waals surface area contributed by atoms with Crippen LogP contribution in [0.5, 0.6) is 0 Å². The van der Waals surface area contributed by atoms with Crippen molar-refractivity contribution in [3.8, 4) is 0 Å². The number of hydrogen-bond acceptors (Lipinski definition) is 4. The molecule has 5 heteroatoms. The molecule has 0 N–H and O–H groups in total. The molecule has 0 amide bonds. The van der Waals surface area contributed by atoms with Crippen LogP contribution in [0.2, 0.25) is 0 Å². The van der Waals surface area contributed by atoms with Crippen molar-refractivity contribution in [2.45, 2.75) is 31.7 Å². The number of rotatable bonds is 4. The van der Waals surface area contributed by atoms with E-state index in [1.54, 1.807) is 0 Å². The van der Waals surface area contributed by atoms with Crippen LogP contribution in [0.1, 0.15) is 25.7 Å². The quantitative estimate of drug-likeness (QED) is 0.521. The average molecular weight is 209 g/mol. The number of aliphatic imine (C=N–C) groups is 1. The third kappa shape index (κ3) is 1.70. The fourth-order valence-electron chi connectivity index (χ4n) is 2.34. The minimum Gasteiger partial charge on any atom is -0.462 e. The van der Waals surface area contributed by atoms with Crippen molar-refractivity contribution in [2.24, 2.45) is 22.1 Å². The minimum atomic E-state index is 0.263. The molecule has 2 aliphatic carbocycles. The van der Waals surface area contributed by atoms with E-state index in [1.165, 1.54) is 30.7 Å². The van der Waals surface area contributed by atoms with Gasteiger partial charge in [-0.05, 0) is 37.5 Å². The third-order valence-corrected chi connectivity index (χ3v) is 3.35. The van der Waals surface area contributed by atoms with Crippen molar-refractivity contribution in [3.63, 3.8) is 0 Å². The molecule has 0 aromatic heterocycles. The van der Waals surface area contributed by atoms with Gasteiger partial charge in [-0.1, -0.05) is 0 Å². The highest BCUT2D eigenvalue weighted by molar-refractivity contribution is 5.75. The summed E-state index contributed by atoms with van der Waals surface area (Å²) in [5.74, 6) is 1.28. The Bertz CT molecular complexity index is 285. The lowest BCUT2D eigenvalue weighted by Crippen LogP contribution is -2.39. The maximum atomic E-state index is 10.9. The van der Waals surface area contributed by atoms with Crippen molar-refractivity contribution in [1.29, 1.82) is 0 Å².